The zero-order valence-electron chi connectivity index (χ0n) is 17.9. The highest BCUT2D eigenvalue weighted by Crippen LogP contribution is 2.26. The minimum atomic E-state index is 0. The van der Waals surface area contributed by atoms with Gasteiger partial charge < -0.3 is 19.9 Å². The van der Waals surface area contributed by atoms with Crippen molar-refractivity contribution in [3.8, 4) is 0 Å². The van der Waals surface area contributed by atoms with Crippen LogP contribution in [0.15, 0.2) is 15.6 Å². The average molecular weight is 507 g/mol. The zero-order chi connectivity index (χ0) is 19.5. The number of rotatable bonds is 13. The lowest BCUT2D eigenvalue weighted by Gasteiger charge is -2.22. The molecule has 0 unspecified atom stereocenters. The predicted molar refractivity (Wildman–Crippen MR) is 125 cm³/mol. The van der Waals surface area contributed by atoms with Crippen LogP contribution in [0.3, 0.4) is 0 Å². The van der Waals surface area contributed by atoms with Crippen molar-refractivity contribution < 1.29 is 9.26 Å². The fourth-order valence-corrected chi connectivity index (χ4v) is 3.24. The molecule has 0 bridgehead atoms. The van der Waals surface area contributed by atoms with Crippen LogP contribution in [-0.2, 0) is 11.3 Å². The van der Waals surface area contributed by atoms with Gasteiger partial charge in [-0.05, 0) is 32.6 Å². The quantitative estimate of drug-likeness (QED) is 0.242. The summed E-state index contributed by atoms with van der Waals surface area (Å²) in [6, 6.07) is 2.78. The van der Waals surface area contributed by atoms with E-state index in [2.05, 4.69) is 46.5 Å². The maximum absolute atomic E-state index is 5.47. The number of hydrogen-bond donors (Lipinski definition) is 2. The molecule has 2 rings (SSSR count). The average Bonchev–Trinajstić information content (AvgIpc) is 3.42. The van der Waals surface area contributed by atoms with Gasteiger partial charge in [0.2, 0.25) is 0 Å². The second-order valence-electron chi connectivity index (χ2n) is 7.11. The van der Waals surface area contributed by atoms with Crippen molar-refractivity contribution in [1.82, 2.24) is 20.7 Å². The molecule has 0 saturated heterocycles. The van der Waals surface area contributed by atoms with Crippen LogP contribution in [0.1, 0.15) is 63.8 Å². The van der Waals surface area contributed by atoms with Crippen molar-refractivity contribution in [2.75, 3.05) is 39.9 Å². The molecule has 0 radical (unpaired) electrons. The Hall–Kier alpha value is -0.870. The van der Waals surface area contributed by atoms with E-state index < -0.39 is 0 Å². The van der Waals surface area contributed by atoms with Crippen molar-refractivity contribution in [1.29, 1.82) is 0 Å². The van der Waals surface area contributed by atoms with Crippen LogP contribution in [0.5, 0.6) is 0 Å². The van der Waals surface area contributed by atoms with Gasteiger partial charge >= 0.3 is 0 Å². The van der Waals surface area contributed by atoms with Gasteiger partial charge in [-0.3, -0.25) is 4.90 Å². The van der Waals surface area contributed by atoms with Crippen LogP contribution in [0, 0.1) is 0 Å². The van der Waals surface area contributed by atoms with E-state index in [4.69, 9.17) is 9.26 Å². The lowest BCUT2D eigenvalue weighted by molar-refractivity contribution is 0.144. The second kappa shape index (κ2) is 14.2. The lowest BCUT2D eigenvalue weighted by atomic mass is 9.99. The smallest absolute Gasteiger partial charge is 0.191 e. The maximum Gasteiger partial charge on any atom is 0.191 e. The Morgan fingerprint density at radius 2 is 2.04 bits per heavy atom. The molecule has 1 aromatic heterocycles. The molecule has 7 nitrogen and oxygen atoms in total. The minimum Gasteiger partial charge on any atom is -0.383 e. The van der Waals surface area contributed by atoms with E-state index in [0.29, 0.717) is 12.5 Å². The molecule has 1 fully saturated rings. The maximum atomic E-state index is 5.47. The van der Waals surface area contributed by atoms with Crippen LogP contribution in [0.4, 0.5) is 0 Å². The molecular formula is C20H38IN5O2. The number of methoxy groups -OCH3 is 1. The molecule has 162 valence electrons. The number of aromatic nitrogens is 1. The lowest BCUT2D eigenvalue weighted by Crippen LogP contribution is -2.42. The van der Waals surface area contributed by atoms with E-state index in [1.54, 1.807) is 7.11 Å². The number of nitrogens with zero attached hydrogens (tertiary/aromatic N) is 3. The van der Waals surface area contributed by atoms with Crippen LogP contribution >= 0.6 is 24.0 Å². The zero-order valence-corrected chi connectivity index (χ0v) is 20.2. The first-order chi connectivity index (χ1) is 13.2. The summed E-state index contributed by atoms with van der Waals surface area (Å²) in [4.78, 5) is 7.14. The second-order valence-corrected chi connectivity index (χ2v) is 7.11. The molecule has 1 heterocycles. The Kier molecular flexibility index (Phi) is 12.7. The third-order valence-corrected chi connectivity index (χ3v) is 5.06. The Morgan fingerprint density at radius 1 is 1.29 bits per heavy atom. The molecule has 0 aliphatic heterocycles. The van der Waals surface area contributed by atoms with Gasteiger partial charge in [-0.1, -0.05) is 19.0 Å². The molecule has 0 amide bonds. The van der Waals surface area contributed by atoms with Crippen LogP contribution in [-0.4, -0.2) is 62.0 Å². The van der Waals surface area contributed by atoms with Gasteiger partial charge in [0, 0.05) is 51.3 Å². The van der Waals surface area contributed by atoms with E-state index in [9.17, 15) is 0 Å². The van der Waals surface area contributed by atoms with Crippen molar-refractivity contribution in [3.63, 3.8) is 0 Å². The third kappa shape index (κ3) is 8.65. The number of halogens is 1. The van der Waals surface area contributed by atoms with Gasteiger partial charge in [-0.25, -0.2) is 4.99 Å². The van der Waals surface area contributed by atoms with Crippen molar-refractivity contribution in [2.45, 2.75) is 65.0 Å². The van der Waals surface area contributed by atoms with Gasteiger partial charge in [0.15, 0.2) is 11.7 Å². The molecule has 8 heteroatoms. The molecule has 2 N–H and O–H groups in total. The summed E-state index contributed by atoms with van der Waals surface area (Å²) in [7, 11) is 1.76. The normalized spacial score (nSPS) is 14.4. The van der Waals surface area contributed by atoms with E-state index >= 15 is 0 Å². The first-order valence-electron chi connectivity index (χ1n) is 10.4. The molecule has 0 spiro atoms. The fraction of sp³-hybridized carbons (Fsp3) is 0.800. The Bertz CT molecular complexity index is 559. The summed E-state index contributed by atoms with van der Waals surface area (Å²) in [6.07, 6.45) is 4.78. The highest BCUT2D eigenvalue weighted by Gasteiger charge is 2.28. The van der Waals surface area contributed by atoms with Gasteiger partial charge in [-0.2, -0.15) is 0 Å². The van der Waals surface area contributed by atoms with E-state index in [1.165, 1.54) is 12.8 Å². The van der Waals surface area contributed by atoms with Crippen LogP contribution in [0.25, 0.3) is 0 Å². The van der Waals surface area contributed by atoms with Gasteiger partial charge in [0.25, 0.3) is 0 Å². The molecule has 0 aromatic carbocycles. The van der Waals surface area contributed by atoms with Crippen molar-refractivity contribution in [2.24, 2.45) is 4.99 Å². The number of guanidine groups is 1. The van der Waals surface area contributed by atoms with E-state index in [-0.39, 0.29) is 24.0 Å². The van der Waals surface area contributed by atoms with E-state index in [1.807, 2.05) is 6.07 Å². The van der Waals surface area contributed by atoms with Gasteiger partial charge in [0.1, 0.15) is 6.54 Å². The number of nitrogens with one attached hydrogen (secondary N) is 2. The summed E-state index contributed by atoms with van der Waals surface area (Å²) in [5, 5.41) is 10.9. The Balaban J connectivity index is 0.00000392. The molecule has 0 atom stereocenters. The topological polar surface area (TPSA) is 74.9 Å². The van der Waals surface area contributed by atoms with Gasteiger partial charge in [0.05, 0.1) is 12.3 Å². The predicted octanol–water partition coefficient (Wildman–Crippen LogP) is 3.36. The van der Waals surface area contributed by atoms with Crippen molar-refractivity contribution in [3.05, 3.63) is 17.5 Å². The first-order valence-corrected chi connectivity index (χ1v) is 10.4. The Labute approximate surface area is 187 Å². The first kappa shape index (κ1) is 25.2. The molecule has 28 heavy (non-hydrogen) atoms. The van der Waals surface area contributed by atoms with Crippen LogP contribution < -0.4 is 10.6 Å². The summed E-state index contributed by atoms with van der Waals surface area (Å²) in [5.41, 5.74) is 1.04. The molecule has 1 aliphatic carbocycles. The van der Waals surface area contributed by atoms with Crippen molar-refractivity contribution >= 4 is 29.9 Å². The van der Waals surface area contributed by atoms with Gasteiger partial charge in [-0.15, -0.1) is 24.0 Å². The van der Waals surface area contributed by atoms with E-state index in [0.717, 1.165) is 69.1 Å². The fourth-order valence-electron chi connectivity index (χ4n) is 3.24. The Morgan fingerprint density at radius 3 is 2.64 bits per heavy atom. The monoisotopic (exact) mass is 507 g/mol. The highest BCUT2D eigenvalue weighted by atomic mass is 127. The molecule has 1 aliphatic rings. The largest absolute Gasteiger partial charge is 0.383 e. The summed E-state index contributed by atoms with van der Waals surface area (Å²) in [6.45, 7) is 11.4. The summed E-state index contributed by atoms with van der Waals surface area (Å²) >= 11 is 0. The number of aliphatic imine (C=N–C) groups is 1. The summed E-state index contributed by atoms with van der Waals surface area (Å²) < 4.78 is 10.7. The highest BCUT2D eigenvalue weighted by molar-refractivity contribution is 14.0. The molecule has 1 aromatic rings. The summed E-state index contributed by atoms with van der Waals surface area (Å²) in [5.74, 6) is 2.10. The number of ether oxygens (including phenoxy) is 1. The number of hydrogen-bond acceptors (Lipinski definition) is 5. The molecular weight excluding hydrogens is 469 g/mol. The standard InChI is InChI=1S/C20H37N5O2.HI/c1-5-16(6-2)19-14-18(27-24-19)15-23-20(21-7-3)22-10-11-25(12-13-26-4)17-8-9-17;/h14,16-17H,5-13,15H2,1-4H3,(H2,21,22,23);1H. The SMILES string of the molecule is CCNC(=NCc1cc(C(CC)CC)no1)NCCN(CCOC)C1CC1.I. The third-order valence-electron chi connectivity index (χ3n) is 5.06. The minimum absolute atomic E-state index is 0. The molecule has 1 saturated carbocycles. The van der Waals surface area contributed by atoms with Crippen LogP contribution in [0.2, 0.25) is 0 Å².